The van der Waals surface area contributed by atoms with Gasteiger partial charge in [0.1, 0.15) is 0 Å². The van der Waals surface area contributed by atoms with Crippen LogP contribution in [0.2, 0.25) is 0 Å². The quantitative estimate of drug-likeness (QED) is 0.506. The zero-order valence-electron chi connectivity index (χ0n) is 21.5. The molecule has 2 heteroatoms. The lowest BCUT2D eigenvalue weighted by atomic mass is 9.46. The van der Waals surface area contributed by atoms with Crippen molar-refractivity contribution in [1.82, 2.24) is 0 Å². The molecule has 0 heterocycles. The Balaban J connectivity index is 0.000000989. The van der Waals surface area contributed by atoms with Gasteiger partial charge < -0.3 is 10.2 Å². The number of aliphatic hydroxyl groups is 2. The van der Waals surface area contributed by atoms with E-state index in [1.165, 1.54) is 38.5 Å². The van der Waals surface area contributed by atoms with E-state index in [0.717, 1.165) is 12.8 Å². The van der Waals surface area contributed by atoms with E-state index in [1.54, 1.807) is 0 Å². The lowest BCUT2D eigenvalue weighted by Gasteiger charge is -2.60. The normalized spacial score (nSPS) is 46.9. The first-order valence-electron chi connectivity index (χ1n) is 13.0. The molecule has 3 fully saturated rings. The van der Waals surface area contributed by atoms with Crippen molar-refractivity contribution in [1.29, 1.82) is 0 Å². The SMILES string of the molecule is CC.CC.CCC1C2CC(C)C(O)C2(C)CCC1C1(C)CCCCC1(O)C(C)C. The number of aliphatic hydroxyl groups excluding tert-OH is 1. The predicted molar refractivity (Wildman–Crippen MR) is 127 cm³/mol. The maximum Gasteiger partial charge on any atom is 0.0726 e. The molecule has 0 aromatic rings. The molecule has 0 bridgehead atoms. The topological polar surface area (TPSA) is 40.5 Å². The van der Waals surface area contributed by atoms with Gasteiger partial charge in [0.2, 0.25) is 0 Å². The summed E-state index contributed by atoms with van der Waals surface area (Å²) in [5.41, 5.74) is -0.407. The first-order chi connectivity index (χ1) is 13.6. The third-order valence-corrected chi connectivity index (χ3v) is 9.45. The van der Waals surface area contributed by atoms with Crippen LogP contribution in [-0.4, -0.2) is 21.9 Å². The van der Waals surface area contributed by atoms with Gasteiger partial charge in [-0.05, 0) is 72.5 Å². The fourth-order valence-electron chi connectivity index (χ4n) is 7.83. The van der Waals surface area contributed by atoms with Crippen LogP contribution < -0.4 is 0 Å². The van der Waals surface area contributed by atoms with Crippen molar-refractivity contribution < 1.29 is 10.2 Å². The smallest absolute Gasteiger partial charge is 0.0726 e. The summed E-state index contributed by atoms with van der Waals surface area (Å²) >= 11 is 0. The molecule has 0 aliphatic heterocycles. The zero-order chi connectivity index (χ0) is 22.6. The van der Waals surface area contributed by atoms with Crippen molar-refractivity contribution in [3.8, 4) is 0 Å². The molecule has 2 N–H and O–H groups in total. The van der Waals surface area contributed by atoms with Gasteiger partial charge in [-0.2, -0.15) is 0 Å². The summed E-state index contributed by atoms with van der Waals surface area (Å²) in [6.07, 6.45) is 9.10. The van der Waals surface area contributed by atoms with Gasteiger partial charge in [0.15, 0.2) is 0 Å². The van der Waals surface area contributed by atoms with Crippen LogP contribution in [0.15, 0.2) is 0 Å². The lowest BCUT2D eigenvalue weighted by molar-refractivity contribution is -0.193. The molecule has 0 saturated heterocycles. The second-order valence-electron chi connectivity index (χ2n) is 10.7. The van der Waals surface area contributed by atoms with Crippen LogP contribution in [0.25, 0.3) is 0 Å². The Bertz CT molecular complexity index is 489. The summed E-state index contributed by atoms with van der Waals surface area (Å²) in [4.78, 5) is 0. The number of rotatable bonds is 3. The van der Waals surface area contributed by atoms with E-state index in [2.05, 4.69) is 41.5 Å². The van der Waals surface area contributed by atoms with Gasteiger partial charge in [-0.25, -0.2) is 0 Å². The van der Waals surface area contributed by atoms with Gasteiger partial charge in [-0.1, -0.05) is 88.5 Å². The van der Waals surface area contributed by atoms with E-state index in [1.807, 2.05) is 27.7 Å². The van der Waals surface area contributed by atoms with Crippen LogP contribution in [0.5, 0.6) is 0 Å². The van der Waals surface area contributed by atoms with Crippen molar-refractivity contribution >= 4 is 0 Å². The average Bonchev–Trinajstić information content (AvgIpc) is 2.96. The second-order valence-corrected chi connectivity index (χ2v) is 10.7. The zero-order valence-corrected chi connectivity index (χ0v) is 21.5. The van der Waals surface area contributed by atoms with E-state index in [9.17, 15) is 10.2 Å². The Morgan fingerprint density at radius 2 is 1.48 bits per heavy atom. The predicted octanol–water partition coefficient (Wildman–Crippen LogP) is 7.47. The Hall–Kier alpha value is -0.0800. The maximum atomic E-state index is 11.8. The lowest BCUT2D eigenvalue weighted by Crippen LogP contribution is -2.60. The van der Waals surface area contributed by atoms with Crippen LogP contribution in [-0.2, 0) is 0 Å². The summed E-state index contributed by atoms with van der Waals surface area (Å²) < 4.78 is 0. The Labute approximate surface area is 183 Å². The number of hydrogen-bond acceptors (Lipinski definition) is 2. The highest BCUT2D eigenvalue weighted by atomic mass is 16.3. The molecule has 2 nitrogen and oxygen atoms in total. The van der Waals surface area contributed by atoms with Crippen molar-refractivity contribution in [2.75, 3.05) is 0 Å². The van der Waals surface area contributed by atoms with E-state index >= 15 is 0 Å². The standard InChI is InChI=1S/C23H42O2.2C2H6/c1-7-17-18(10-13-21(5)19(17)14-16(4)20(21)24)22(6)11-8-9-12-23(22,25)15(2)3;2*1-2/h15-20,24-25H,7-14H2,1-6H3;2*1-2H3. The Kier molecular flexibility index (Phi) is 9.75. The van der Waals surface area contributed by atoms with Crippen LogP contribution in [0.3, 0.4) is 0 Å². The third kappa shape index (κ3) is 4.32. The van der Waals surface area contributed by atoms with Crippen LogP contribution in [0.4, 0.5) is 0 Å². The Morgan fingerprint density at radius 3 is 2.00 bits per heavy atom. The van der Waals surface area contributed by atoms with Crippen molar-refractivity contribution in [3.63, 3.8) is 0 Å². The molecule has 8 atom stereocenters. The minimum Gasteiger partial charge on any atom is -0.392 e. The molecule has 3 rings (SSSR count). The van der Waals surface area contributed by atoms with Crippen LogP contribution >= 0.6 is 0 Å². The summed E-state index contributed by atoms with van der Waals surface area (Å²) in [7, 11) is 0. The summed E-state index contributed by atoms with van der Waals surface area (Å²) in [6.45, 7) is 21.8. The van der Waals surface area contributed by atoms with Crippen molar-refractivity contribution in [2.45, 2.75) is 132 Å². The molecule has 0 radical (unpaired) electrons. The molecule has 0 spiro atoms. The monoisotopic (exact) mass is 410 g/mol. The molecule has 8 unspecified atom stereocenters. The molecule has 3 aliphatic carbocycles. The van der Waals surface area contributed by atoms with Gasteiger partial charge in [-0.15, -0.1) is 0 Å². The summed E-state index contributed by atoms with van der Waals surface area (Å²) in [5, 5.41) is 22.7. The molecular weight excluding hydrogens is 356 g/mol. The maximum absolute atomic E-state index is 11.8. The summed E-state index contributed by atoms with van der Waals surface area (Å²) in [6, 6.07) is 0. The molecule has 29 heavy (non-hydrogen) atoms. The minimum absolute atomic E-state index is 0.0260. The highest BCUT2D eigenvalue weighted by Crippen LogP contribution is 2.65. The fourth-order valence-corrected chi connectivity index (χ4v) is 7.83. The van der Waals surface area contributed by atoms with E-state index in [4.69, 9.17) is 0 Å². The van der Waals surface area contributed by atoms with Crippen LogP contribution in [0, 0.1) is 40.4 Å². The van der Waals surface area contributed by atoms with Crippen LogP contribution in [0.1, 0.15) is 121 Å². The van der Waals surface area contributed by atoms with Gasteiger partial charge in [0.05, 0.1) is 11.7 Å². The number of fused-ring (bicyclic) bond motifs is 1. The fraction of sp³-hybridized carbons (Fsp3) is 1.00. The molecule has 0 aromatic carbocycles. The summed E-state index contributed by atoms with van der Waals surface area (Å²) in [5.74, 6) is 2.60. The molecule has 174 valence electrons. The largest absolute Gasteiger partial charge is 0.392 e. The molecule has 0 aromatic heterocycles. The first kappa shape index (κ1) is 27.0. The first-order valence-corrected chi connectivity index (χ1v) is 13.0. The van der Waals surface area contributed by atoms with E-state index in [-0.39, 0.29) is 16.9 Å². The average molecular weight is 411 g/mol. The van der Waals surface area contributed by atoms with Gasteiger partial charge in [0, 0.05) is 0 Å². The highest BCUT2D eigenvalue weighted by molar-refractivity contribution is 5.11. The molecule has 3 saturated carbocycles. The van der Waals surface area contributed by atoms with Crippen molar-refractivity contribution in [3.05, 3.63) is 0 Å². The van der Waals surface area contributed by atoms with E-state index in [0.29, 0.717) is 29.6 Å². The third-order valence-electron chi connectivity index (χ3n) is 9.45. The Morgan fingerprint density at radius 1 is 0.931 bits per heavy atom. The van der Waals surface area contributed by atoms with Crippen molar-refractivity contribution in [2.24, 2.45) is 40.4 Å². The van der Waals surface area contributed by atoms with Gasteiger partial charge >= 0.3 is 0 Å². The molecule has 3 aliphatic rings. The molecular formula is C27H54O2. The second kappa shape index (κ2) is 10.5. The van der Waals surface area contributed by atoms with E-state index < -0.39 is 5.60 Å². The minimum atomic E-state index is -0.528. The number of hydrogen-bond donors (Lipinski definition) is 2. The molecule has 0 amide bonds. The highest BCUT2D eigenvalue weighted by Gasteiger charge is 2.62. The van der Waals surface area contributed by atoms with Gasteiger partial charge in [0.25, 0.3) is 0 Å². The van der Waals surface area contributed by atoms with Gasteiger partial charge in [-0.3, -0.25) is 0 Å².